The average molecular weight is 346 g/mol. The van der Waals surface area contributed by atoms with Gasteiger partial charge in [-0.25, -0.2) is 4.79 Å². The van der Waals surface area contributed by atoms with Gasteiger partial charge in [0.1, 0.15) is 11.1 Å². The van der Waals surface area contributed by atoms with E-state index in [4.69, 9.17) is 4.74 Å². The first-order valence-corrected chi connectivity index (χ1v) is 9.06. The third kappa shape index (κ3) is 5.21. The van der Waals surface area contributed by atoms with E-state index in [-0.39, 0.29) is 11.8 Å². The van der Waals surface area contributed by atoms with E-state index >= 15 is 0 Å². The lowest BCUT2D eigenvalue weighted by atomic mass is 9.73. The smallest absolute Gasteiger partial charge is 0.408 e. The van der Waals surface area contributed by atoms with E-state index in [1.165, 1.54) is 0 Å². The summed E-state index contributed by atoms with van der Waals surface area (Å²) in [6.45, 7) is 7.93. The fraction of sp³-hybridized carbons (Fsp3) is 0.600. The molecule has 0 saturated heterocycles. The molecule has 2 amide bonds. The van der Waals surface area contributed by atoms with Gasteiger partial charge < -0.3 is 15.4 Å². The molecule has 25 heavy (non-hydrogen) atoms. The maximum absolute atomic E-state index is 13.0. The van der Waals surface area contributed by atoms with Gasteiger partial charge in [-0.3, -0.25) is 4.79 Å². The second kappa shape index (κ2) is 7.89. The van der Waals surface area contributed by atoms with Gasteiger partial charge >= 0.3 is 6.09 Å². The Morgan fingerprint density at radius 1 is 1.20 bits per heavy atom. The number of amides is 2. The van der Waals surface area contributed by atoms with Crippen LogP contribution >= 0.6 is 0 Å². The Hall–Kier alpha value is -2.04. The second-order valence-electron chi connectivity index (χ2n) is 7.91. The van der Waals surface area contributed by atoms with E-state index in [0.29, 0.717) is 13.0 Å². The van der Waals surface area contributed by atoms with Gasteiger partial charge in [-0.2, -0.15) is 0 Å². The lowest BCUT2D eigenvalue weighted by Gasteiger charge is -2.41. The Labute approximate surface area is 150 Å². The van der Waals surface area contributed by atoms with Crippen molar-refractivity contribution in [2.24, 2.45) is 5.92 Å². The molecule has 5 heteroatoms. The summed E-state index contributed by atoms with van der Waals surface area (Å²) in [5.41, 5.74) is -0.467. The lowest BCUT2D eigenvalue weighted by Crippen LogP contribution is -2.63. The topological polar surface area (TPSA) is 67.4 Å². The fourth-order valence-corrected chi connectivity index (χ4v) is 3.35. The van der Waals surface area contributed by atoms with Gasteiger partial charge in [-0.05, 0) is 45.1 Å². The third-order valence-electron chi connectivity index (χ3n) is 4.72. The Kier molecular flexibility index (Phi) is 6.09. The molecule has 1 aromatic carbocycles. The number of rotatable bonds is 4. The van der Waals surface area contributed by atoms with Crippen LogP contribution in [0.4, 0.5) is 4.79 Å². The van der Waals surface area contributed by atoms with Crippen molar-refractivity contribution >= 4 is 12.0 Å². The molecule has 138 valence electrons. The molecule has 1 saturated carbocycles. The monoisotopic (exact) mass is 346 g/mol. The molecule has 0 aromatic heterocycles. The lowest BCUT2D eigenvalue weighted by molar-refractivity contribution is -0.131. The standard InChI is InChI=1S/C20H30N2O3/c1-15-10-8-9-13-20(15,22-18(24)25-19(2,3)4)17(23)21-14-16-11-6-5-7-12-16/h5-7,11-12,15H,8-10,13-14H2,1-4H3,(H,21,23)(H,22,24). The number of benzene rings is 1. The van der Waals surface area contributed by atoms with Crippen LogP contribution in [0.2, 0.25) is 0 Å². The first-order valence-electron chi connectivity index (χ1n) is 9.06. The van der Waals surface area contributed by atoms with E-state index in [9.17, 15) is 9.59 Å². The first kappa shape index (κ1) is 19.3. The minimum absolute atomic E-state index is 0.0598. The van der Waals surface area contributed by atoms with E-state index in [1.54, 1.807) is 0 Å². The highest BCUT2D eigenvalue weighted by Gasteiger charge is 2.46. The van der Waals surface area contributed by atoms with E-state index in [0.717, 1.165) is 24.8 Å². The number of hydrogen-bond acceptors (Lipinski definition) is 3. The quantitative estimate of drug-likeness (QED) is 0.872. The van der Waals surface area contributed by atoms with Crippen molar-refractivity contribution in [3.8, 4) is 0 Å². The molecule has 0 spiro atoms. The highest BCUT2D eigenvalue weighted by molar-refractivity contribution is 5.90. The summed E-state index contributed by atoms with van der Waals surface area (Å²) in [6.07, 6.45) is 3.00. The molecule has 1 fully saturated rings. The maximum atomic E-state index is 13.0. The van der Waals surface area contributed by atoms with Crippen molar-refractivity contribution < 1.29 is 14.3 Å². The molecule has 1 aliphatic carbocycles. The molecule has 2 rings (SSSR count). The molecule has 0 heterocycles. The predicted octanol–water partition coefficient (Wildman–Crippen LogP) is 3.78. The molecule has 2 unspecified atom stereocenters. The Morgan fingerprint density at radius 2 is 1.88 bits per heavy atom. The molecular formula is C20H30N2O3. The Balaban J connectivity index is 2.11. The van der Waals surface area contributed by atoms with Gasteiger partial charge in [0.2, 0.25) is 5.91 Å². The number of alkyl carbamates (subject to hydrolysis) is 1. The summed E-state index contributed by atoms with van der Waals surface area (Å²) in [7, 11) is 0. The van der Waals surface area contributed by atoms with E-state index in [2.05, 4.69) is 10.6 Å². The minimum Gasteiger partial charge on any atom is -0.444 e. The predicted molar refractivity (Wildman–Crippen MR) is 98.0 cm³/mol. The number of nitrogens with one attached hydrogen (secondary N) is 2. The molecule has 1 aliphatic rings. The number of ether oxygens (including phenoxy) is 1. The van der Waals surface area contributed by atoms with Crippen LogP contribution < -0.4 is 10.6 Å². The zero-order chi connectivity index (χ0) is 18.5. The molecule has 1 aromatic rings. The summed E-state index contributed by atoms with van der Waals surface area (Å²) in [5, 5.41) is 5.90. The zero-order valence-electron chi connectivity index (χ0n) is 15.7. The SMILES string of the molecule is CC1CCCCC1(NC(=O)OC(C)(C)C)C(=O)NCc1ccccc1. The van der Waals surface area contributed by atoms with Crippen molar-refractivity contribution in [2.45, 2.75) is 71.1 Å². The molecule has 0 aliphatic heterocycles. The van der Waals surface area contributed by atoms with E-state index < -0.39 is 17.2 Å². The summed E-state index contributed by atoms with van der Waals surface area (Å²) < 4.78 is 5.40. The Bertz CT molecular complexity index is 595. The van der Waals surface area contributed by atoms with Gasteiger partial charge in [0.25, 0.3) is 0 Å². The third-order valence-corrected chi connectivity index (χ3v) is 4.72. The summed E-state index contributed by atoms with van der Waals surface area (Å²) >= 11 is 0. The van der Waals surface area contributed by atoms with Crippen LogP contribution in [0.3, 0.4) is 0 Å². The highest BCUT2D eigenvalue weighted by atomic mass is 16.6. The normalized spacial score (nSPS) is 23.6. The minimum atomic E-state index is -0.907. The van der Waals surface area contributed by atoms with Crippen molar-refractivity contribution in [3.05, 3.63) is 35.9 Å². The van der Waals surface area contributed by atoms with Gasteiger partial charge in [-0.15, -0.1) is 0 Å². The van der Waals surface area contributed by atoms with Crippen LogP contribution in [0.15, 0.2) is 30.3 Å². The molecule has 2 atom stereocenters. The molecule has 0 bridgehead atoms. The van der Waals surface area contributed by atoms with Crippen molar-refractivity contribution in [2.75, 3.05) is 0 Å². The number of carbonyl (C=O) groups is 2. The molecule has 5 nitrogen and oxygen atoms in total. The summed E-state index contributed by atoms with van der Waals surface area (Å²) in [4.78, 5) is 25.4. The summed E-state index contributed by atoms with van der Waals surface area (Å²) in [5.74, 6) is -0.0704. The molecule has 2 N–H and O–H groups in total. The van der Waals surface area contributed by atoms with Crippen LogP contribution in [0, 0.1) is 5.92 Å². The number of carbonyl (C=O) groups excluding carboxylic acids is 2. The van der Waals surface area contributed by atoms with Crippen LogP contribution in [-0.4, -0.2) is 23.1 Å². The highest BCUT2D eigenvalue weighted by Crippen LogP contribution is 2.34. The van der Waals surface area contributed by atoms with Crippen LogP contribution in [0.5, 0.6) is 0 Å². The summed E-state index contributed by atoms with van der Waals surface area (Å²) in [6, 6.07) is 9.77. The van der Waals surface area contributed by atoms with Crippen LogP contribution in [0.1, 0.15) is 58.9 Å². The van der Waals surface area contributed by atoms with Crippen LogP contribution in [-0.2, 0) is 16.1 Å². The fourth-order valence-electron chi connectivity index (χ4n) is 3.35. The van der Waals surface area contributed by atoms with Crippen LogP contribution in [0.25, 0.3) is 0 Å². The zero-order valence-corrected chi connectivity index (χ0v) is 15.7. The maximum Gasteiger partial charge on any atom is 0.408 e. The number of hydrogen-bond donors (Lipinski definition) is 2. The van der Waals surface area contributed by atoms with E-state index in [1.807, 2.05) is 58.0 Å². The van der Waals surface area contributed by atoms with Gasteiger partial charge in [0.05, 0.1) is 0 Å². The van der Waals surface area contributed by atoms with Crippen molar-refractivity contribution in [3.63, 3.8) is 0 Å². The second-order valence-corrected chi connectivity index (χ2v) is 7.91. The van der Waals surface area contributed by atoms with Gasteiger partial charge in [-0.1, -0.05) is 50.1 Å². The molecule has 0 radical (unpaired) electrons. The largest absolute Gasteiger partial charge is 0.444 e. The average Bonchev–Trinajstić information content (AvgIpc) is 2.54. The van der Waals surface area contributed by atoms with Gasteiger partial charge in [0.15, 0.2) is 0 Å². The molecular weight excluding hydrogens is 316 g/mol. The Morgan fingerprint density at radius 3 is 2.48 bits per heavy atom. The first-order chi connectivity index (χ1) is 11.7. The van der Waals surface area contributed by atoms with Crippen molar-refractivity contribution in [1.82, 2.24) is 10.6 Å². The van der Waals surface area contributed by atoms with Crippen molar-refractivity contribution in [1.29, 1.82) is 0 Å². The van der Waals surface area contributed by atoms with Gasteiger partial charge in [0, 0.05) is 6.54 Å².